The fourth-order valence-electron chi connectivity index (χ4n) is 3.27. The van der Waals surface area contributed by atoms with E-state index in [0.29, 0.717) is 2.66 Å². The second kappa shape index (κ2) is 13.8. The fourth-order valence-corrected chi connectivity index (χ4v) is 3.76. The van der Waals surface area contributed by atoms with E-state index >= 15 is 0 Å². The second-order valence-electron chi connectivity index (χ2n) is 7.84. The Kier molecular flexibility index (Phi) is 14.1. The van der Waals surface area contributed by atoms with Gasteiger partial charge in [0.15, 0.2) is 0 Å². The van der Waals surface area contributed by atoms with Crippen LogP contribution in [0.25, 0.3) is 0 Å². The molecule has 0 aliphatic heterocycles. The van der Waals surface area contributed by atoms with Crippen molar-refractivity contribution in [3.05, 3.63) is 35.4 Å². The van der Waals surface area contributed by atoms with E-state index in [9.17, 15) is 0 Å². The maximum atomic E-state index is 2.39. The summed E-state index contributed by atoms with van der Waals surface area (Å²) >= 11 is 1.23. The minimum Gasteiger partial charge on any atom is -0.147 e. The first-order chi connectivity index (χ1) is 10.6. The van der Waals surface area contributed by atoms with Gasteiger partial charge in [-0.2, -0.15) is 0 Å². The molecule has 1 aromatic carbocycles. The average Bonchev–Trinajstić information content (AvgIpc) is 2.48. The third-order valence-electron chi connectivity index (χ3n) is 4.63. The molecule has 0 atom stereocenters. The molecule has 0 unspecified atom stereocenters. The molecule has 0 aliphatic rings. The summed E-state index contributed by atoms with van der Waals surface area (Å²) in [5, 5.41) is 0. The molecule has 0 saturated carbocycles. The van der Waals surface area contributed by atoms with Crippen LogP contribution >= 0.6 is 12.4 Å². The molecule has 0 heterocycles. The molecule has 0 radical (unpaired) electrons. The third-order valence-corrected chi connectivity index (χ3v) is 5.16. The summed E-state index contributed by atoms with van der Waals surface area (Å²) in [6.07, 6.45) is 15.5. The van der Waals surface area contributed by atoms with Crippen molar-refractivity contribution in [2.24, 2.45) is 0 Å². The molecule has 0 saturated heterocycles. The third kappa shape index (κ3) is 10.9. The Morgan fingerprint density at radius 2 is 1.26 bits per heavy atom. The fraction of sp³-hybridized carbons (Fsp3) is 0.714. The van der Waals surface area contributed by atoms with Gasteiger partial charge in [0.25, 0.3) is 0 Å². The zero-order valence-corrected chi connectivity index (χ0v) is 18.8. The first kappa shape index (κ1) is 23.5. The number of benzene rings is 1. The van der Waals surface area contributed by atoms with Crippen molar-refractivity contribution in [1.82, 2.24) is 0 Å². The second-order valence-corrected chi connectivity index (χ2v) is 10.3. The molecule has 0 N–H and O–H groups in total. The van der Waals surface area contributed by atoms with Crippen molar-refractivity contribution < 1.29 is 0 Å². The Morgan fingerprint density at radius 3 is 1.78 bits per heavy atom. The Labute approximate surface area is 169 Å². The van der Waals surface area contributed by atoms with Gasteiger partial charge in [0, 0.05) is 0 Å². The molecule has 0 aliphatic carbocycles. The number of halogens is 1. The van der Waals surface area contributed by atoms with Crippen LogP contribution in [0.1, 0.15) is 96.1 Å². The predicted molar refractivity (Wildman–Crippen MR) is 108 cm³/mol. The van der Waals surface area contributed by atoms with Gasteiger partial charge in [-0.05, 0) is 0 Å². The Bertz CT molecular complexity index is 395. The topological polar surface area (TPSA) is 0 Å². The van der Waals surface area contributed by atoms with Crippen LogP contribution < -0.4 is 0 Å². The first-order valence-corrected chi connectivity index (χ1v) is 10.6. The number of hydrogen-bond acceptors (Lipinski definition) is 0. The van der Waals surface area contributed by atoms with Gasteiger partial charge in [-0.3, -0.25) is 0 Å². The van der Waals surface area contributed by atoms with Crippen molar-refractivity contribution in [3.8, 4) is 0 Å². The summed E-state index contributed by atoms with van der Waals surface area (Å²) < 4.78 is 0.412. The van der Waals surface area contributed by atoms with Crippen molar-refractivity contribution in [1.29, 1.82) is 0 Å². The van der Waals surface area contributed by atoms with E-state index in [1.54, 1.807) is 11.1 Å². The molecule has 0 nitrogen and oxygen atoms in total. The van der Waals surface area contributed by atoms with Gasteiger partial charge < -0.3 is 0 Å². The van der Waals surface area contributed by atoms with Crippen LogP contribution in [0.15, 0.2) is 24.3 Å². The number of unbranched alkanes of at least 4 members (excludes halogenated alkanes) is 9. The summed E-state index contributed by atoms with van der Waals surface area (Å²) in [7, 11) is 0. The van der Waals surface area contributed by atoms with Crippen LogP contribution in [0.4, 0.5) is 0 Å². The minimum atomic E-state index is 0. The molecule has 1 aromatic rings. The van der Waals surface area contributed by atoms with Crippen LogP contribution in [-0.4, -0.2) is 27.9 Å². The molecule has 2 heteroatoms. The van der Waals surface area contributed by atoms with Crippen molar-refractivity contribution in [2.75, 3.05) is 0 Å². The molecule has 0 aromatic heterocycles. The van der Waals surface area contributed by atoms with Gasteiger partial charge in [-0.15, -0.1) is 12.4 Å². The van der Waals surface area contributed by atoms with Gasteiger partial charge in [0.05, 0.1) is 0 Å². The summed E-state index contributed by atoms with van der Waals surface area (Å²) in [6.45, 7) is 7.06. The normalized spacial score (nSPS) is 11.3. The monoisotopic (exact) mass is 346 g/mol. The van der Waals surface area contributed by atoms with Gasteiger partial charge in [0.1, 0.15) is 0 Å². The smallest absolute Gasteiger partial charge is 0.147 e. The number of aryl methyl sites for hydroxylation is 1. The molecular formula is C21H36ClNa. The largest absolute Gasteiger partial charge is 0.147 e. The van der Waals surface area contributed by atoms with Gasteiger partial charge in [0.2, 0.25) is 0 Å². The predicted octanol–water partition coefficient (Wildman–Crippen LogP) is 6.98. The standard InChI is InChI=1S/C21H35.ClH.Na/c1-4-5-6-7-8-9-10-11-12-13-16-20-17-14-15-18-21(20)19(2)3;;/h14-15,17-18H,4-13,16H2,1-3H3;1H;. The van der Waals surface area contributed by atoms with E-state index < -0.39 is 0 Å². The van der Waals surface area contributed by atoms with Crippen LogP contribution in [-0.2, 0) is 9.09 Å². The zero-order chi connectivity index (χ0) is 16.3. The molecule has 0 amide bonds. The molecule has 128 valence electrons. The zero-order valence-electron chi connectivity index (χ0n) is 16.0. The Balaban J connectivity index is 0.00000484. The van der Waals surface area contributed by atoms with E-state index in [2.05, 4.69) is 45.0 Å². The SMILES string of the molecule is CCCCCCCCCCCCc1ccccc1[C](C)(C)[Na].Cl. The maximum absolute atomic E-state index is 2.39. The summed E-state index contributed by atoms with van der Waals surface area (Å²) in [5.41, 5.74) is 3.19. The molecule has 23 heavy (non-hydrogen) atoms. The summed E-state index contributed by atoms with van der Waals surface area (Å²) in [6, 6.07) is 9.11. The van der Waals surface area contributed by atoms with Crippen molar-refractivity contribution in [3.63, 3.8) is 0 Å². The van der Waals surface area contributed by atoms with Crippen LogP contribution in [0.5, 0.6) is 0 Å². The minimum absolute atomic E-state index is 0. The first-order valence-electron chi connectivity index (χ1n) is 9.64. The van der Waals surface area contributed by atoms with E-state index in [1.807, 2.05) is 0 Å². The summed E-state index contributed by atoms with van der Waals surface area (Å²) in [4.78, 5) is 0. The number of hydrogen-bond donors (Lipinski definition) is 0. The van der Waals surface area contributed by atoms with E-state index in [0.717, 1.165) is 0 Å². The van der Waals surface area contributed by atoms with Crippen LogP contribution in [0.2, 0.25) is 0 Å². The van der Waals surface area contributed by atoms with Gasteiger partial charge in [-0.1, -0.05) is 19.8 Å². The quantitative estimate of drug-likeness (QED) is 0.283. The molecule has 1 rings (SSSR count). The Hall–Kier alpha value is 0.510. The molecule has 0 spiro atoms. The van der Waals surface area contributed by atoms with Gasteiger partial charge in [-0.25, -0.2) is 0 Å². The molecule has 0 bridgehead atoms. The van der Waals surface area contributed by atoms with Crippen molar-refractivity contribution in [2.45, 2.75) is 94.1 Å². The molecular weight excluding hydrogens is 311 g/mol. The molecule has 0 fully saturated rings. The van der Waals surface area contributed by atoms with Crippen LogP contribution in [0, 0.1) is 0 Å². The van der Waals surface area contributed by atoms with Gasteiger partial charge >= 0.3 is 138 Å². The average molecular weight is 347 g/mol. The van der Waals surface area contributed by atoms with Crippen LogP contribution in [0.3, 0.4) is 0 Å². The van der Waals surface area contributed by atoms with E-state index in [1.165, 1.54) is 98.6 Å². The van der Waals surface area contributed by atoms with E-state index in [-0.39, 0.29) is 12.4 Å². The van der Waals surface area contributed by atoms with E-state index in [4.69, 9.17) is 0 Å². The Morgan fingerprint density at radius 1 is 0.783 bits per heavy atom. The van der Waals surface area contributed by atoms with Crippen molar-refractivity contribution >= 4 is 40.3 Å². The summed E-state index contributed by atoms with van der Waals surface area (Å²) in [5.74, 6) is 0. The maximum Gasteiger partial charge on any atom is -0.147 e. The number of rotatable bonds is 12.